The van der Waals surface area contributed by atoms with Gasteiger partial charge in [-0.1, -0.05) is 48.5 Å². The standard InChI is InChI=1S/C23H26N6O2/c1-17(30)24-12-13-25-20-16-21(29-22(28-20)18-8-4-2-5-9-18)26-14-15-27-23(31)19-10-6-3-7-11-19/h2-11,16H,12-15H2,1H3,(H,24,30)(H,27,31)(H2,25,26,28,29). The molecule has 0 aliphatic heterocycles. The topological polar surface area (TPSA) is 108 Å². The molecule has 0 saturated carbocycles. The van der Waals surface area contributed by atoms with E-state index in [4.69, 9.17) is 0 Å². The molecule has 1 aromatic heterocycles. The zero-order chi connectivity index (χ0) is 21.9. The van der Waals surface area contributed by atoms with Crippen molar-refractivity contribution in [2.75, 3.05) is 36.8 Å². The smallest absolute Gasteiger partial charge is 0.251 e. The summed E-state index contributed by atoms with van der Waals surface area (Å²) in [4.78, 5) is 32.3. The molecule has 0 bridgehead atoms. The highest BCUT2D eigenvalue weighted by Gasteiger charge is 2.08. The monoisotopic (exact) mass is 418 g/mol. The maximum Gasteiger partial charge on any atom is 0.251 e. The van der Waals surface area contributed by atoms with Crippen molar-refractivity contribution in [3.05, 3.63) is 72.3 Å². The normalized spacial score (nSPS) is 10.2. The molecule has 2 amide bonds. The van der Waals surface area contributed by atoms with Gasteiger partial charge in [-0.15, -0.1) is 0 Å². The lowest BCUT2D eigenvalue weighted by atomic mass is 10.2. The van der Waals surface area contributed by atoms with Gasteiger partial charge in [-0.05, 0) is 12.1 Å². The molecular weight excluding hydrogens is 392 g/mol. The Morgan fingerprint density at radius 3 is 1.87 bits per heavy atom. The van der Waals surface area contributed by atoms with Crippen LogP contribution >= 0.6 is 0 Å². The molecule has 0 saturated heterocycles. The van der Waals surface area contributed by atoms with Crippen molar-refractivity contribution in [1.29, 1.82) is 0 Å². The van der Waals surface area contributed by atoms with Gasteiger partial charge in [0.25, 0.3) is 5.91 Å². The molecule has 31 heavy (non-hydrogen) atoms. The van der Waals surface area contributed by atoms with Crippen LogP contribution in [0.4, 0.5) is 11.6 Å². The van der Waals surface area contributed by atoms with Crippen LogP contribution < -0.4 is 21.3 Å². The van der Waals surface area contributed by atoms with Gasteiger partial charge >= 0.3 is 0 Å². The number of benzene rings is 2. The van der Waals surface area contributed by atoms with E-state index in [0.717, 1.165) is 5.56 Å². The Morgan fingerprint density at radius 1 is 0.742 bits per heavy atom. The van der Waals surface area contributed by atoms with Crippen LogP contribution in [0.15, 0.2) is 66.7 Å². The molecule has 4 N–H and O–H groups in total. The molecule has 160 valence electrons. The maximum absolute atomic E-state index is 12.1. The fourth-order valence-corrected chi connectivity index (χ4v) is 2.83. The summed E-state index contributed by atoms with van der Waals surface area (Å²) in [6.45, 7) is 3.47. The number of aromatic nitrogens is 2. The molecule has 8 nitrogen and oxygen atoms in total. The number of carbonyl (C=O) groups excluding carboxylic acids is 2. The number of rotatable bonds is 10. The third-order valence-corrected chi connectivity index (χ3v) is 4.32. The van der Waals surface area contributed by atoms with Crippen LogP contribution in [0.2, 0.25) is 0 Å². The fourth-order valence-electron chi connectivity index (χ4n) is 2.83. The van der Waals surface area contributed by atoms with E-state index in [1.54, 1.807) is 18.2 Å². The lowest BCUT2D eigenvalue weighted by Gasteiger charge is -2.12. The van der Waals surface area contributed by atoms with Crippen LogP contribution in [0.1, 0.15) is 17.3 Å². The van der Waals surface area contributed by atoms with E-state index in [-0.39, 0.29) is 11.8 Å². The predicted molar refractivity (Wildman–Crippen MR) is 122 cm³/mol. The summed E-state index contributed by atoms with van der Waals surface area (Å²) < 4.78 is 0. The van der Waals surface area contributed by atoms with Gasteiger partial charge < -0.3 is 21.3 Å². The third-order valence-electron chi connectivity index (χ3n) is 4.32. The molecular formula is C23H26N6O2. The average Bonchev–Trinajstić information content (AvgIpc) is 2.80. The average molecular weight is 419 g/mol. The molecule has 1 heterocycles. The fraction of sp³-hybridized carbons (Fsp3) is 0.217. The summed E-state index contributed by atoms with van der Waals surface area (Å²) in [6, 6.07) is 20.6. The number of nitrogens with one attached hydrogen (secondary N) is 4. The quantitative estimate of drug-likeness (QED) is 0.377. The van der Waals surface area contributed by atoms with E-state index in [2.05, 4.69) is 31.2 Å². The summed E-state index contributed by atoms with van der Waals surface area (Å²) in [7, 11) is 0. The van der Waals surface area contributed by atoms with Crippen LogP contribution in [-0.2, 0) is 4.79 Å². The molecule has 0 unspecified atom stereocenters. The summed E-state index contributed by atoms with van der Waals surface area (Å²) in [6.07, 6.45) is 0. The molecule has 0 aliphatic carbocycles. The second-order valence-corrected chi connectivity index (χ2v) is 6.79. The Labute approximate surface area is 181 Å². The predicted octanol–water partition coefficient (Wildman–Crippen LogP) is 2.53. The van der Waals surface area contributed by atoms with E-state index in [1.807, 2.05) is 48.5 Å². The summed E-state index contributed by atoms with van der Waals surface area (Å²) >= 11 is 0. The van der Waals surface area contributed by atoms with Crippen LogP contribution in [0, 0.1) is 0 Å². The van der Waals surface area contributed by atoms with E-state index >= 15 is 0 Å². The molecule has 0 fully saturated rings. The summed E-state index contributed by atoms with van der Waals surface area (Å²) in [5, 5.41) is 12.1. The van der Waals surface area contributed by atoms with Crippen molar-refractivity contribution in [2.24, 2.45) is 0 Å². The lowest BCUT2D eigenvalue weighted by Crippen LogP contribution is -2.29. The Balaban J connectivity index is 1.61. The summed E-state index contributed by atoms with van der Waals surface area (Å²) in [5.74, 6) is 1.69. The number of nitrogens with zero attached hydrogens (tertiary/aromatic N) is 2. The second-order valence-electron chi connectivity index (χ2n) is 6.79. The minimum Gasteiger partial charge on any atom is -0.368 e. The molecule has 2 aromatic carbocycles. The number of carbonyl (C=O) groups is 2. The highest BCUT2D eigenvalue weighted by Crippen LogP contribution is 2.19. The van der Waals surface area contributed by atoms with Crippen LogP contribution in [-0.4, -0.2) is 48.0 Å². The first kappa shape index (κ1) is 21.8. The number of hydrogen-bond donors (Lipinski definition) is 4. The molecule has 0 spiro atoms. The van der Waals surface area contributed by atoms with Gasteiger partial charge in [-0.2, -0.15) is 0 Å². The Morgan fingerprint density at radius 2 is 1.29 bits per heavy atom. The van der Waals surface area contributed by atoms with Crippen molar-refractivity contribution < 1.29 is 9.59 Å². The Bertz CT molecular complexity index is 995. The Hall–Kier alpha value is -3.94. The number of anilines is 2. The molecule has 0 aliphatic rings. The van der Waals surface area contributed by atoms with Crippen LogP contribution in [0.25, 0.3) is 11.4 Å². The molecule has 0 radical (unpaired) electrons. The largest absolute Gasteiger partial charge is 0.368 e. The van der Waals surface area contributed by atoms with Gasteiger partial charge in [0.05, 0.1) is 0 Å². The van der Waals surface area contributed by atoms with Gasteiger partial charge in [0, 0.05) is 50.3 Å². The van der Waals surface area contributed by atoms with Gasteiger partial charge in [-0.3, -0.25) is 9.59 Å². The number of amides is 2. The van der Waals surface area contributed by atoms with Crippen molar-refractivity contribution in [1.82, 2.24) is 20.6 Å². The van der Waals surface area contributed by atoms with Gasteiger partial charge in [0.1, 0.15) is 11.6 Å². The van der Waals surface area contributed by atoms with Crippen molar-refractivity contribution in [2.45, 2.75) is 6.92 Å². The van der Waals surface area contributed by atoms with E-state index in [1.165, 1.54) is 6.92 Å². The summed E-state index contributed by atoms with van der Waals surface area (Å²) in [5.41, 5.74) is 1.52. The molecule has 3 rings (SSSR count). The zero-order valence-corrected chi connectivity index (χ0v) is 17.4. The zero-order valence-electron chi connectivity index (χ0n) is 17.4. The van der Waals surface area contributed by atoms with E-state index in [0.29, 0.717) is 49.2 Å². The first-order valence-corrected chi connectivity index (χ1v) is 10.1. The highest BCUT2D eigenvalue weighted by atomic mass is 16.2. The molecule has 3 aromatic rings. The first-order valence-electron chi connectivity index (χ1n) is 10.1. The van der Waals surface area contributed by atoms with Gasteiger partial charge in [0.15, 0.2) is 5.82 Å². The first-order chi connectivity index (χ1) is 15.1. The SMILES string of the molecule is CC(=O)NCCNc1cc(NCCNC(=O)c2ccccc2)nc(-c2ccccc2)n1. The van der Waals surface area contributed by atoms with Crippen LogP contribution in [0.3, 0.4) is 0 Å². The second kappa shape index (κ2) is 11.3. The van der Waals surface area contributed by atoms with Crippen molar-refractivity contribution in [3.63, 3.8) is 0 Å². The lowest BCUT2D eigenvalue weighted by molar-refractivity contribution is -0.118. The third kappa shape index (κ3) is 7.11. The molecule has 0 atom stereocenters. The minimum atomic E-state index is -0.115. The van der Waals surface area contributed by atoms with Crippen LogP contribution in [0.5, 0.6) is 0 Å². The van der Waals surface area contributed by atoms with Crippen molar-refractivity contribution in [3.8, 4) is 11.4 Å². The highest BCUT2D eigenvalue weighted by molar-refractivity contribution is 5.94. The van der Waals surface area contributed by atoms with Crippen molar-refractivity contribution >= 4 is 23.5 Å². The number of hydrogen-bond acceptors (Lipinski definition) is 6. The molecule has 8 heteroatoms. The minimum absolute atomic E-state index is 0.0747. The van der Waals surface area contributed by atoms with E-state index in [9.17, 15) is 9.59 Å². The van der Waals surface area contributed by atoms with E-state index < -0.39 is 0 Å². The Kier molecular flexibility index (Phi) is 7.93. The van der Waals surface area contributed by atoms with Gasteiger partial charge in [0.2, 0.25) is 5.91 Å². The maximum atomic E-state index is 12.1. The van der Waals surface area contributed by atoms with Gasteiger partial charge in [-0.25, -0.2) is 9.97 Å².